The van der Waals surface area contributed by atoms with Crippen molar-refractivity contribution in [1.29, 1.82) is 5.26 Å². The molecule has 1 atom stereocenters. The van der Waals surface area contributed by atoms with Crippen LogP contribution in [0.4, 0.5) is 0 Å². The standard InChI is InChI=1S/C18H15N3O4S2/c1-11-10-26-18(20-11)12(6-19)14(22)7-25-17(23)9-24-8-16-21-13-4-2-3-5-15(13)27-16/h2-5,10,12H,7-9H2,1H3/t12-/m1/s1. The van der Waals surface area contributed by atoms with Crippen LogP contribution >= 0.6 is 22.7 Å². The third kappa shape index (κ3) is 4.95. The number of para-hydroxylation sites is 1. The zero-order chi connectivity index (χ0) is 19.2. The maximum atomic E-state index is 12.1. The lowest BCUT2D eigenvalue weighted by molar-refractivity contribution is -0.152. The first-order valence-corrected chi connectivity index (χ1v) is 9.68. The van der Waals surface area contributed by atoms with E-state index in [1.165, 1.54) is 22.7 Å². The Morgan fingerprint density at radius 3 is 2.78 bits per heavy atom. The van der Waals surface area contributed by atoms with E-state index in [1.807, 2.05) is 30.3 Å². The summed E-state index contributed by atoms with van der Waals surface area (Å²) in [6.45, 7) is 1.18. The average Bonchev–Trinajstić information content (AvgIpc) is 3.26. The molecule has 0 aliphatic heterocycles. The van der Waals surface area contributed by atoms with Crippen LogP contribution in [0, 0.1) is 18.3 Å². The Labute approximate surface area is 163 Å². The Balaban J connectivity index is 1.43. The molecule has 0 radical (unpaired) electrons. The number of nitrogens with zero attached hydrogens (tertiary/aromatic N) is 3. The van der Waals surface area contributed by atoms with E-state index in [9.17, 15) is 14.9 Å². The predicted molar refractivity (Wildman–Crippen MR) is 100 cm³/mol. The molecule has 2 aromatic heterocycles. The summed E-state index contributed by atoms with van der Waals surface area (Å²) in [6, 6.07) is 9.61. The summed E-state index contributed by atoms with van der Waals surface area (Å²) in [5, 5.41) is 12.1. The van der Waals surface area contributed by atoms with Gasteiger partial charge in [0.25, 0.3) is 0 Å². The van der Waals surface area contributed by atoms with Crippen LogP contribution in [0.3, 0.4) is 0 Å². The zero-order valence-electron chi connectivity index (χ0n) is 14.4. The van der Waals surface area contributed by atoms with Crippen molar-refractivity contribution in [3.63, 3.8) is 0 Å². The molecule has 0 fully saturated rings. The molecule has 0 saturated heterocycles. The van der Waals surface area contributed by atoms with Crippen molar-refractivity contribution >= 4 is 44.6 Å². The van der Waals surface area contributed by atoms with Gasteiger partial charge in [-0.3, -0.25) is 4.79 Å². The number of esters is 1. The van der Waals surface area contributed by atoms with Gasteiger partial charge in [-0.05, 0) is 19.1 Å². The minimum atomic E-state index is -1.03. The number of benzene rings is 1. The van der Waals surface area contributed by atoms with Gasteiger partial charge < -0.3 is 9.47 Å². The first-order valence-electron chi connectivity index (χ1n) is 7.99. The van der Waals surface area contributed by atoms with Crippen molar-refractivity contribution in [2.45, 2.75) is 19.4 Å². The first kappa shape index (κ1) is 19.1. The summed E-state index contributed by atoms with van der Waals surface area (Å²) in [7, 11) is 0. The van der Waals surface area contributed by atoms with Gasteiger partial charge in [-0.15, -0.1) is 22.7 Å². The van der Waals surface area contributed by atoms with E-state index in [0.717, 1.165) is 20.9 Å². The van der Waals surface area contributed by atoms with Crippen LogP contribution in [0.5, 0.6) is 0 Å². The number of nitriles is 1. The van der Waals surface area contributed by atoms with Gasteiger partial charge in [0.1, 0.15) is 16.6 Å². The van der Waals surface area contributed by atoms with Crippen molar-refractivity contribution in [2.75, 3.05) is 13.2 Å². The molecule has 3 aromatic rings. The Kier molecular flexibility index (Phi) is 6.24. The summed E-state index contributed by atoms with van der Waals surface area (Å²) in [4.78, 5) is 32.4. The molecular weight excluding hydrogens is 386 g/mol. The lowest BCUT2D eigenvalue weighted by Crippen LogP contribution is -2.22. The zero-order valence-corrected chi connectivity index (χ0v) is 16.0. The van der Waals surface area contributed by atoms with Gasteiger partial charge in [0.2, 0.25) is 0 Å². The van der Waals surface area contributed by atoms with Crippen molar-refractivity contribution in [3.8, 4) is 6.07 Å². The lowest BCUT2D eigenvalue weighted by Gasteiger charge is -2.07. The molecule has 0 amide bonds. The number of aryl methyl sites for hydroxylation is 1. The van der Waals surface area contributed by atoms with Gasteiger partial charge in [0.05, 0.1) is 22.9 Å². The number of ketones is 1. The fraction of sp³-hybridized carbons (Fsp3) is 0.278. The minimum absolute atomic E-state index is 0.182. The maximum absolute atomic E-state index is 12.1. The van der Waals surface area contributed by atoms with Crippen LogP contribution in [-0.4, -0.2) is 34.9 Å². The number of hydrogen-bond donors (Lipinski definition) is 0. The molecule has 9 heteroatoms. The second-order valence-electron chi connectivity index (χ2n) is 5.58. The van der Waals surface area contributed by atoms with Crippen molar-refractivity contribution < 1.29 is 19.1 Å². The van der Waals surface area contributed by atoms with Crippen molar-refractivity contribution in [1.82, 2.24) is 9.97 Å². The SMILES string of the molecule is Cc1csc([C@H](C#N)C(=O)COC(=O)COCc2nc3ccccc3s2)n1. The number of aromatic nitrogens is 2. The summed E-state index contributed by atoms with van der Waals surface area (Å²) in [5.41, 5.74) is 1.62. The quantitative estimate of drug-likeness (QED) is 0.535. The highest BCUT2D eigenvalue weighted by atomic mass is 32.1. The van der Waals surface area contributed by atoms with Crippen LogP contribution < -0.4 is 0 Å². The van der Waals surface area contributed by atoms with E-state index >= 15 is 0 Å². The van der Waals surface area contributed by atoms with E-state index < -0.39 is 24.3 Å². The topological polar surface area (TPSA) is 102 Å². The molecule has 7 nitrogen and oxygen atoms in total. The van der Waals surface area contributed by atoms with E-state index in [2.05, 4.69) is 9.97 Å². The van der Waals surface area contributed by atoms with Gasteiger partial charge in [-0.2, -0.15) is 5.26 Å². The highest BCUT2D eigenvalue weighted by Gasteiger charge is 2.24. The molecule has 3 rings (SSSR count). The van der Waals surface area contributed by atoms with E-state index in [-0.39, 0.29) is 13.2 Å². The Bertz CT molecular complexity index is 972. The second-order valence-corrected chi connectivity index (χ2v) is 7.59. The normalized spacial score (nSPS) is 11.9. The molecule has 0 aliphatic rings. The lowest BCUT2D eigenvalue weighted by atomic mass is 10.1. The molecule has 0 saturated carbocycles. The number of ether oxygens (including phenoxy) is 2. The molecule has 0 aliphatic carbocycles. The smallest absolute Gasteiger partial charge is 0.332 e. The molecule has 0 unspecified atom stereocenters. The summed E-state index contributed by atoms with van der Waals surface area (Å²) >= 11 is 2.72. The van der Waals surface area contributed by atoms with Gasteiger partial charge in [0, 0.05) is 11.1 Å². The van der Waals surface area contributed by atoms with E-state index in [4.69, 9.17) is 9.47 Å². The largest absolute Gasteiger partial charge is 0.456 e. The second kappa shape index (κ2) is 8.81. The van der Waals surface area contributed by atoms with E-state index in [0.29, 0.717) is 5.01 Å². The number of Topliss-reactive ketones (excluding diaryl/α,β-unsaturated/α-hetero) is 1. The third-order valence-electron chi connectivity index (χ3n) is 3.49. The molecular formula is C18H15N3O4S2. The average molecular weight is 401 g/mol. The highest BCUT2D eigenvalue weighted by Crippen LogP contribution is 2.22. The van der Waals surface area contributed by atoms with Crippen molar-refractivity contribution in [2.24, 2.45) is 0 Å². The van der Waals surface area contributed by atoms with Crippen LogP contribution in [0.25, 0.3) is 10.2 Å². The van der Waals surface area contributed by atoms with Crippen LogP contribution in [0.1, 0.15) is 21.6 Å². The van der Waals surface area contributed by atoms with Gasteiger partial charge in [-0.1, -0.05) is 12.1 Å². The first-order chi connectivity index (χ1) is 13.1. The number of fused-ring (bicyclic) bond motifs is 1. The fourth-order valence-corrected chi connectivity index (χ4v) is 4.02. The predicted octanol–water partition coefficient (Wildman–Crippen LogP) is 3.00. The number of rotatable bonds is 8. The maximum Gasteiger partial charge on any atom is 0.332 e. The van der Waals surface area contributed by atoms with Gasteiger partial charge in [-0.25, -0.2) is 14.8 Å². The van der Waals surface area contributed by atoms with Gasteiger partial charge in [0.15, 0.2) is 18.3 Å². The molecule has 0 spiro atoms. The van der Waals surface area contributed by atoms with Crippen LogP contribution in [-0.2, 0) is 25.7 Å². The Morgan fingerprint density at radius 2 is 2.07 bits per heavy atom. The summed E-state index contributed by atoms with van der Waals surface area (Å²) in [6.07, 6.45) is 0. The number of carbonyl (C=O) groups excluding carboxylic acids is 2. The Morgan fingerprint density at radius 1 is 1.26 bits per heavy atom. The fourth-order valence-electron chi connectivity index (χ4n) is 2.25. The molecule has 0 N–H and O–H groups in total. The van der Waals surface area contributed by atoms with Crippen LogP contribution in [0.2, 0.25) is 0 Å². The highest BCUT2D eigenvalue weighted by molar-refractivity contribution is 7.18. The monoisotopic (exact) mass is 401 g/mol. The third-order valence-corrected chi connectivity index (χ3v) is 5.53. The molecule has 2 heterocycles. The van der Waals surface area contributed by atoms with Crippen LogP contribution in [0.15, 0.2) is 29.6 Å². The Hall–Kier alpha value is -2.67. The van der Waals surface area contributed by atoms with Crippen molar-refractivity contribution in [3.05, 3.63) is 45.4 Å². The number of carbonyl (C=O) groups is 2. The molecule has 138 valence electrons. The minimum Gasteiger partial charge on any atom is -0.456 e. The molecule has 0 bridgehead atoms. The van der Waals surface area contributed by atoms with E-state index in [1.54, 1.807) is 12.3 Å². The molecule has 1 aromatic carbocycles. The number of hydrogen-bond acceptors (Lipinski definition) is 9. The summed E-state index contributed by atoms with van der Waals surface area (Å²) < 4.78 is 11.3. The van der Waals surface area contributed by atoms with Gasteiger partial charge >= 0.3 is 5.97 Å². The molecule has 27 heavy (non-hydrogen) atoms. The number of thiazole rings is 2. The summed E-state index contributed by atoms with van der Waals surface area (Å²) in [5.74, 6) is -2.21.